The second kappa shape index (κ2) is 3.21. The van der Waals surface area contributed by atoms with E-state index in [2.05, 4.69) is 45.7 Å². The minimum Gasteiger partial charge on any atom is -0.370 e. The molecule has 0 unspecified atom stereocenters. The van der Waals surface area contributed by atoms with Gasteiger partial charge in [-0.2, -0.15) is 0 Å². The summed E-state index contributed by atoms with van der Waals surface area (Å²) in [5.74, 6) is 0.752. The van der Waals surface area contributed by atoms with Crippen molar-refractivity contribution in [3.05, 3.63) is 0 Å². The molecule has 0 aromatic rings. The Morgan fingerprint density at radius 1 is 1.38 bits per heavy atom. The van der Waals surface area contributed by atoms with E-state index in [1.807, 2.05) is 0 Å². The zero-order chi connectivity index (χ0) is 9.69. The van der Waals surface area contributed by atoms with Crippen molar-refractivity contribution >= 4 is 31.9 Å². The molecule has 1 saturated heterocycles. The molecule has 0 aromatic carbocycles. The number of halogens is 2. The lowest BCUT2D eigenvalue weighted by Crippen LogP contribution is -2.39. The van der Waals surface area contributed by atoms with Crippen molar-refractivity contribution in [3.8, 4) is 0 Å². The average Bonchev–Trinajstić information content (AvgIpc) is 2.75. The van der Waals surface area contributed by atoms with Crippen molar-refractivity contribution < 1.29 is 4.74 Å². The van der Waals surface area contributed by atoms with Crippen molar-refractivity contribution in [1.29, 1.82) is 0 Å². The smallest absolute Gasteiger partial charge is 0.0917 e. The Morgan fingerprint density at radius 3 is 2.46 bits per heavy atom. The van der Waals surface area contributed by atoms with Crippen molar-refractivity contribution in [2.45, 2.75) is 47.9 Å². The van der Waals surface area contributed by atoms with Crippen molar-refractivity contribution in [1.82, 2.24) is 0 Å². The molecule has 0 bridgehead atoms. The quantitative estimate of drug-likeness (QED) is 0.533. The third kappa shape index (κ3) is 1.98. The van der Waals surface area contributed by atoms with E-state index < -0.39 is 0 Å². The molecular formula is C10H16Br2O. The van der Waals surface area contributed by atoms with Gasteiger partial charge < -0.3 is 4.74 Å². The molecule has 0 spiro atoms. The Kier molecular flexibility index (Phi) is 2.58. The number of hydrogen-bond acceptors (Lipinski definition) is 1. The Hall–Kier alpha value is 0.920. The first-order valence-corrected chi connectivity index (χ1v) is 6.62. The monoisotopic (exact) mass is 310 g/mol. The molecule has 0 radical (unpaired) electrons. The molecular weight excluding hydrogens is 296 g/mol. The summed E-state index contributed by atoms with van der Waals surface area (Å²) in [5, 5.41) is 0. The normalized spacial score (nSPS) is 56.3. The number of hydrogen-bond donors (Lipinski definition) is 0. The van der Waals surface area contributed by atoms with Gasteiger partial charge in [0, 0.05) is 9.15 Å². The summed E-state index contributed by atoms with van der Waals surface area (Å²) in [7, 11) is 0. The first-order valence-electron chi connectivity index (χ1n) is 4.91. The van der Waals surface area contributed by atoms with Crippen LogP contribution in [0.1, 0.15) is 33.1 Å². The van der Waals surface area contributed by atoms with E-state index in [-0.39, 0.29) is 9.93 Å². The lowest BCUT2D eigenvalue weighted by molar-refractivity contribution is 0.183. The highest BCUT2D eigenvalue weighted by molar-refractivity contribution is 9.12. The highest BCUT2D eigenvalue weighted by Crippen LogP contribution is 2.49. The van der Waals surface area contributed by atoms with Gasteiger partial charge in [-0.05, 0) is 39.0 Å². The van der Waals surface area contributed by atoms with Crippen molar-refractivity contribution in [2.75, 3.05) is 6.61 Å². The fourth-order valence-corrected chi connectivity index (χ4v) is 3.23. The molecule has 0 amide bonds. The molecule has 76 valence electrons. The number of rotatable bonds is 1. The van der Waals surface area contributed by atoms with Crippen LogP contribution >= 0.6 is 31.9 Å². The molecule has 1 aliphatic heterocycles. The van der Waals surface area contributed by atoms with Crippen LogP contribution in [0.4, 0.5) is 0 Å². The SMILES string of the molecule is C[C@]1(Br)CC[C@@H]([C@@]2(C)CO2)C[C@@H]1Br. The van der Waals surface area contributed by atoms with Crippen LogP contribution < -0.4 is 0 Å². The summed E-state index contributed by atoms with van der Waals surface area (Å²) in [5.41, 5.74) is 0.218. The molecule has 0 N–H and O–H groups in total. The van der Waals surface area contributed by atoms with Crippen LogP contribution in [0.3, 0.4) is 0 Å². The average molecular weight is 312 g/mol. The Morgan fingerprint density at radius 2 is 2.00 bits per heavy atom. The molecule has 3 heteroatoms. The zero-order valence-electron chi connectivity index (χ0n) is 8.15. The van der Waals surface area contributed by atoms with Gasteiger partial charge >= 0.3 is 0 Å². The van der Waals surface area contributed by atoms with Gasteiger partial charge in [0.15, 0.2) is 0 Å². The van der Waals surface area contributed by atoms with Crippen LogP contribution in [-0.2, 0) is 4.74 Å². The first kappa shape index (κ1) is 10.4. The molecule has 1 aliphatic carbocycles. The summed E-state index contributed by atoms with van der Waals surface area (Å²) in [6.07, 6.45) is 3.77. The fourth-order valence-electron chi connectivity index (χ4n) is 2.13. The Labute approximate surface area is 96.9 Å². The minimum absolute atomic E-state index is 0.218. The number of ether oxygens (including phenoxy) is 1. The van der Waals surface area contributed by atoms with E-state index >= 15 is 0 Å². The number of epoxide rings is 1. The van der Waals surface area contributed by atoms with E-state index in [0.29, 0.717) is 4.83 Å². The van der Waals surface area contributed by atoms with Crippen LogP contribution in [0, 0.1) is 5.92 Å². The van der Waals surface area contributed by atoms with Crippen molar-refractivity contribution in [3.63, 3.8) is 0 Å². The van der Waals surface area contributed by atoms with Crippen molar-refractivity contribution in [2.24, 2.45) is 5.92 Å². The van der Waals surface area contributed by atoms with Gasteiger partial charge in [0.25, 0.3) is 0 Å². The highest BCUT2D eigenvalue weighted by Gasteiger charge is 2.51. The van der Waals surface area contributed by atoms with E-state index in [4.69, 9.17) is 4.74 Å². The Bertz CT molecular complexity index is 211. The van der Waals surface area contributed by atoms with E-state index in [0.717, 1.165) is 12.5 Å². The zero-order valence-corrected chi connectivity index (χ0v) is 11.3. The van der Waals surface area contributed by atoms with Gasteiger partial charge in [0.2, 0.25) is 0 Å². The molecule has 2 aliphatic rings. The van der Waals surface area contributed by atoms with Gasteiger partial charge in [-0.25, -0.2) is 0 Å². The third-order valence-corrected chi connectivity index (χ3v) is 6.54. The standard InChI is InChI=1S/C10H16Br2O/c1-9(12)4-3-7(5-8(9)11)10(2)6-13-10/h7-8H,3-6H2,1-2H3/t7-,8+,9+,10-/m1/s1. The maximum absolute atomic E-state index is 5.52. The third-order valence-electron chi connectivity index (χ3n) is 3.59. The summed E-state index contributed by atoms with van der Waals surface area (Å²) in [6.45, 7) is 5.49. The van der Waals surface area contributed by atoms with E-state index in [1.165, 1.54) is 19.3 Å². The summed E-state index contributed by atoms with van der Waals surface area (Å²) in [6, 6.07) is 0. The molecule has 4 atom stereocenters. The number of alkyl halides is 2. The second-order valence-corrected chi connectivity index (χ2v) is 7.74. The topological polar surface area (TPSA) is 12.5 Å². The Balaban J connectivity index is 1.99. The van der Waals surface area contributed by atoms with Crippen LogP contribution in [0.25, 0.3) is 0 Å². The van der Waals surface area contributed by atoms with E-state index in [1.54, 1.807) is 0 Å². The molecule has 0 aromatic heterocycles. The van der Waals surface area contributed by atoms with Gasteiger partial charge in [0.1, 0.15) is 0 Å². The van der Waals surface area contributed by atoms with Gasteiger partial charge in [-0.15, -0.1) is 0 Å². The first-order chi connectivity index (χ1) is 5.94. The molecule has 1 saturated carbocycles. The molecule has 1 heterocycles. The lowest BCUT2D eigenvalue weighted by Gasteiger charge is -2.39. The van der Waals surface area contributed by atoms with Crippen LogP contribution in [0.2, 0.25) is 0 Å². The summed E-state index contributed by atoms with van der Waals surface area (Å²) in [4.78, 5) is 0.583. The lowest BCUT2D eigenvalue weighted by atomic mass is 9.77. The van der Waals surface area contributed by atoms with Gasteiger partial charge in [-0.3, -0.25) is 0 Å². The predicted molar refractivity (Wildman–Crippen MR) is 61.7 cm³/mol. The van der Waals surface area contributed by atoms with Gasteiger partial charge in [-0.1, -0.05) is 31.9 Å². The minimum atomic E-state index is 0.218. The van der Waals surface area contributed by atoms with Crippen LogP contribution in [0.5, 0.6) is 0 Å². The summed E-state index contributed by atoms with van der Waals surface area (Å²) >= 11 is 7.55. The molecule has 2 fully saturated rings. The van der Waals surface area contributed by atoms with E-state index in [9.17, 15) is 0 Å². The maximum atomic E-state index is 5.52. The van der Waals surface area contributed by atoms with Crippen LogP contribution in [0.15, 0.2) is 0 Å². The van der Waals surface area contributed by atoms with Gasteiger partial charge in [0.05, 0.1) is 12.2 Å². The fraction of sp³-hybridized carbons (Fsp3) is 1.00. The highest BCUT2D eigenvalue weighted by atomic mass is 79.9. The predicted octanol–water partition coefficient (Wildman–Crippen LogP) is 3.49. The van der Waals surface area contributed by atoms with Crippen LogP contribution in [-0.4, -0.2) is 21.4 Å². The largest absolute Gasteiger partial charge is 0.370 e. The molecule has 2 rings (SSSR count). The maximum Gasteiger partial charge on any atom is 0.0917 e. The molecule has 1 nitrogen and oxygen atoms in total. The second-order valence-electron chi connectivity index (χ2n) is 4.82. The molecule has 13 heavy (non-hydrogen) atoms. The summed E-state index contributed by atoms with van der Waals surface area (Å²) < 4.78 is 5.80.